The van der Waals surface area contributed by atoms with E-state index in [0.29, 0.717) is 17.2 Å². The fourth-order valence-corrected chi connectivity index (χ4v) is 3.90. The summed E-state index contributed by atoms with van der Waals surface area (Å²) < 4.78 is 6.60. The number of hydrogen-bond acceptors (Lipinski definition) is 2. The summed E-state index contributed by atoms with van der Waals surface area (Å²) in [7, 11) is -1.61. The number of fused-ring (bicyclic) bond motifs is 1. The molecule has 0 bridgehead atoms. The van der Waals surface area contributed by atoms with Crippen molar-refractivity contribution in [3.05, 3.63) is 12.2 Å². The molecule has 3 heteroatoms. The molecule has 2 rings (SSSR count). The maximum absolute atomic E-state index is 6.60. The normalized spacial score (nSPS) is 30.6. The Labute approximate surface area is 107 Å². The van der Waals surface area contributed by atoms with Gasteiger partial charge in [-0.25, -0.2) is 0 Å². The van der Waals surface area contributed by atoms with Crippen LogP contribution >= 0.6 is 0 Å². The maximum Gasteiger partial charge on any atom is 0.192 e. The molecule has 2 aliphatic heterocycles. The average molecular weight is 253 g/mol. The molecule has 1 saturated heterocycles. The Bertz CT molecular complexity index is 306. The standard InChI is InChI=1S/C14H27NOSi/c1-14(2,3)17(4,5)16-13-9-7-11-15-10-6-8-12(13)15/h6,8,12-13H,7,9-11H2,1-5H3/t12-,13+/m0/s1. The highest BCUT2D eigenvalue weighted by Gasteiger charge is 2.42. The first-order valence-corrected chi connectivity index (χ1v) is 9.81. The van der Waals surface area contributed by atoms with Crippen LogP contribution in [0.1, 0.15) is 33.6 Å². The summed E-state index contributed by atoms with van der Waals surface area (Å²) in [6.07, 6.45) is 7.62. The Balaban J connectivity index is 2.05. The molecule has 2 heterocycles. The average Bonchev–Trinajstić information content (AvgIpc) is 2.64. The number of hydrogen-bond donors (Lipinski definition) is 0. The van der Waals surface area contributed by atoms with Crippen molar-refractivity contribution < 1.29 is 4.43 Å². The molecule has 0 aromatic carbocycles. The first-order chi connectivity index (χ1) is 7.81. The fourth-order valence-electron chi connectivity index (χ4n) is 2.53. The van der Waals surface area contributed by atoms with Gasteiger partial charge in [-0.05, 0) is 37.5 Å². The van der Waals surface area contributed by atoms with Crippen LogP contribution < -0.4 is 0 Å². The van der Waals surface area contributed by atoms with Crippen molar-refractivity contribution in [1.82, 2.24) is 4.90 Å². The number of nitrogens with zero attached hydrogens (tertiary/aromatic N) is 1. The van der Waals surface area contributed by atoms with Crippen molar-refractivity contribution >= 4 is 8.32 Å². The van der Waals surface area contributed by atoms with E-state index in [1.807, 2.05) is 0 Å². The van der Waals surface area contributed by atoms with Gasteiger partial charge in [-0.15, -0.1) is 0 Å². The van der Waals surface area contributed by atoms with Crippen LogP contribution in [0.2, 0.25) is 18.1 Å². The zero-order valence-corrected chi connectivity index (χ0v) is 13.0. The summed E-state index contributed by atoms with van der Waals surface area (Å²) in [6.45, 7) is 14.1. The van der Waals surface area contributed by atoms with Crippen LogP contribution in [0.5, 0.6) is 0 Å². The minimum Gasteiger partial charge on any atom is -0.412 e. The molecule has 17 heavy (non-hydrogen) atoms. The second kappa shape index (κ2) is 4.52. The zero-order chi connectivity index (χ0) is 12.7. The third-order valence-corrected chi connectivity index (χ3v) is 9.17. The molecule has 0 N–H and O–H groups in total. The number of piperidine rings is 1. The Hall–Kier alpha value is -0.123. The van der Waals surface area contributed by atoms with E-state index in [-0.39, 0.29) is 0 Å². The lowest BCUT2D eigenvalue weighted by atomic mass is 10.0. The second-order valence-electron chi connectivity index (χ2n) is 6.97. The van der Waals surface area contributed by atoms with Crippen molar-refractivity contribution in [1.29, 1.82) is 0 Å². The number of rotatable bonds is 2. The molecule has 1 fully saturated rings. The molecule has 0 amide bonds. The van der Waals surface area contributed by atoms with E-state index in [4.69, 9.17) is 4.43 Å². The molecular weight excluding hydrogens is 226 g/mol. The zero-order valence-electron chi connectivity index (χ0n) is 12.0. The lowest BCUT2D eigenvalue weighted by Crippen LogP contribution is -2.52. The predicted molar refractivity (Wildman–Crippen MR) is 75.8 cm³/mol. The van der Waals surface area contributed by atoms with Crippen LogP contribution in [0.4, 0.5) is 0 Å². The van der Waals surface area contributed by atoms with Gasteiger partial charge >= 0.3 is 0 Å². The molecule has 0 saturated carbocycles. The highest BCUT2D eigenvalue weighted by molar-refractivity contribution is 6.74. The van der Waals surface area contributed by atoms with Gasteiger partial charge in [0.05, 0.1) is 12.1 Å². The van der Waals surface area contributed by atoms with Gasteiger partial charge < -0.3 is 4.43 Å². The van der Waals surface area contributed by atoms with E-state index in [9.17, 15) is 0 Å². The summed E-state index contributed by atoms with van der Waals surface area (Å²) in [5.74, 6) is 0. The van der Waals surface area contributed by atoms with Crippen molar-refractivity contribution in [2.24, 2.45) is 0 Å². The van der Waals surface area contributed by atoms with Gasteiger partial charge in [-0.1, -0.05) is 32.9 Å². The Morgan fingerprint density at radius 1 is 1.29 bits per heavy atom. The van der Waals surface area contributed by atoms with E-state index in [1.165, 1.54) is 19.4 Å². The van der Waals surface area contributed by atoms with E-state index in [2.05, 4.69) is 50.9 Å². The van der Waals surface area contributed by atoms with Crippen molar-refractivity contribution in [2.75, 3.05) is 13.1 Å². The van der Waals surface area contributed by atoms with Gasteiger partial charge in [0.25, 0.3) is 0 Å². The molecule has 0 unspecified atom stereocenters. The highest BCUT2D eigenvalue weighted by Crippen LogP contribution is 2.39. The Kier molecular flexibility index (Phi) is 3.54. The second-order valence-corrected chi connectivity index (χ2v) is 11.7. The van der Waals surface area contributed by atoms with Crippen LogP contribution in [0, 0.1) is 0 Å². The van der Waals surface area contributed by atoms with Crippen LogP contribution in [-0.4, -0.2) is 38.5 Å². The first kappa shape index (κ1) is 13.3. The topological polar surface area (TPSA) is 12.5 Å². The first-order valence-electron chi connectivity index (χ1n) is 6.90. The third kappa shape index (κ3) is 2.66. The summed E-state index contributed by atoms with van der Waals surface area (Å²) in [4.78, 5) is 2.56. The van der Waals surface area contributed by atoms with Crippen LogP contribution in [0.15, 0.2) is 12.2 Å². The largest absolute Gasteiger partial charge is 0.412 e. The summed E-state index contributed by atoms with van der Waals surface area (Å²) in [6, 6.07) is 0.554. The fraction of sp³-hybridized carbons (Fsp3) is 0.857. The molecule has 2 atom stereocenters. The summed E-state index contributed by atoms with van der Waals surface area (Å²) >= 11 is 0. The predicted octanol–water partition coefficient (Wildman–Crippen LogP) is 3.41. The van der Waals surface area contributed by atoms with Crippen LogP contribution in [0.25, 0.3) is 0 Å². The summed E-state index contributed by atoms with van der Waals surface area (Å²) in [5, 5.41) is 0.317. The van der Waals surface area contributed by atoms with E-state index < -0.39 is 8.32 Å². The van der Waals surface area contributed by atoms with E-state index in [1.54, 1.807) is 0 Å². The monoisotopic (exact) mass is 253 g/mol. The lowest BCUT2D eigenvalue weighted by Gasteiger charge is -2.44. The van der Waals surface area contributed by atoms with Crippen molar-refractivity contribution in [3.63, 3.8) is 0 Å². The molecule has 2 aliphatic rings. The Morgan fingerprint density at radius 2 is 2.00 bits per heavy atom. The highest BCUT2D eigenvalue weighted by atomic mass is 28.4. The minimum atomic E-state index is -1.61. The molecule has 0 aromatic heterocycles. The van der Waals surface area contributed by atoms with Crippen LogP contribution in [0.3, 0.4) is 0 Å². The molecule has 0 aliphatic carbocycles. The van der Waals surface area contributed by atoms with Gasteiger partial charge in [-0.2, -0.15) is 0 Å². The van der Waals surface area contributed by atoms with Gasteiger partial charge in [0.1, 0.15) is 0 Å². The molecule has 2 nitrogen and oxygen atoms in total. The lowest BCUT2D eigenvalue weighted by molar-refractivity contribution is 0.0556. The van der Waals surface area contributed by atoms with E-state index in [0.717, 1.165) is 6.54 Å². The SMILES string of the molecule is CC(C)(C)[Si](C)(C)O[C@@H]1CCCN2CC=C[C@@H]12. The van der Waals surface area contributed by atoms with Gasteiger partial charge in [0.15, 0.2) is 8.32 Å². The van der Waals surface area contributed by atoms with Crippen molar-refractivity contribution in [3.8, 4) is 0 Å². The molecule has 98 valence electrons. The minimum absolute atomic E-state index is 0.317. The van der Waals surface area contributed by atoms with Crippen molar-refractivity contribution in [2.45, 2.75) is 63.9 Å². The van der Waals surface area contributed by atoms with E-state index >= 15 is 0 Å². The molecule has 0 radical (unpaired) electrons. The Morgan fingerprint density at radius 3 is 2.65 bits per heavy atom. The maximum atomic E-state index is 6.60. The third-order valence-electron chi connectivity index (χ3n) is 4.66. The smallest absolute Gasteiger partial charge is 0.192 e. The van der Waals surface area contributed by atoms with Crippen LogP contribution in [-0.2, 0) is 4.43 Å². The molecule has 0 spiro atoms. The molecule has 0 aromatic rings. The summed E-state index contributed by atoms with van der Waals surface area (Å²) in [5.41, 5.74) is 0. The van der Waals surface area contributed by atoms with Gasteiger partial charge in [0, 0.05) is 6.54 Å². The van der Waals surface area contributed by atoms with Gasteiger partial charge in [-0.3, -0.25) is 4.90 Å². The van der Waals surface area contributed by atoms with Gasteiger partial charge in [0.2, 0.25) is 0 Å². The molecular formula is C14H27NOSi. The quantitative estimate of drug-likeness (QED) is 0.552.